The third kappa shape index (κ3) is 2.07. The summed E-state index contributed by atoms with van der Waals surface area (Å²) >= 11 is 0. The molecule has 2 nitrogen and oxygen atoms in total. The lowest BCUT2D eigenvalue weighted by Gasteiger charge is -2.19. The minimum atomic E-state index is 0.108. The molecule has 0 radical (unpaired) electrons. The van der Waals surface area contributed by atoms with Gasteiger partial charge in [-0.3, -0.25) is 4.79 Å². The Morgan fingerprint density at radius 2 is 1.94 bits per heavy atom. The van der Waals surface area contributed by atoms with Gasteiger partial charge in [0.1, 0.15) is 0 Å². The minimum Gasteiger partial charge on any atom is -0.350 e. The first-order chi connectivity index (χ1) is 8.34. The second-order valence-corrected chi connectivity index (χ2v) is 5.91. The lowest BCUT2D eigenvalue weighted by molar-refractivity contribution is 0.0989. The van der Waals surface area contributed by atoms with E-state index in [1.54, 1.807) is 0 Å². The van der Waals surface area contributed by atoms with Gasteiger partial charge in [0.05, 0.1) is 0 Å². The number of carbonyl (C=O) groups is 1. The van der Waals surface area contributed by atoms with Crippen LogP contribution >= 0.6 is 0 Å². The predicted molar refractivity (Wildman–Crippen MR) is 76.2 cm³/mol. The van der Waals surface area contributed by atoms with Crippen molar-refractivity contribution in [3.8, 4) is 0 Å². The van der Waals surface area contributed by atoms with Crippen molar-refractivity contribution in [2.24, 2.45) is 7.05 Å². The van der Waals surface area contributed by atoms with Gasteiger partial charge in [-0.25, -0.2) is 0 Å². The number of hydrogen-bond donors (Lipinski definition) is 0. The number of rotatable bonds is 2. The van der Waals surface area contributed by atoms with E-state index in [-0.39, 0.29) is 11.2 Å². The normalized spacial score (nSPS) is 12.1. The average Bonchev–Trinajstić information content (AvgIpc) is 2.64. The van der Waals surface area contributed by atoms with E-state index in [4.69, 9.17) is 0 Å². The SMILES string of the molecule is CCC(=O)c1cn(C)c2ccc(C(C)(C)C)cc12. The summed E-state index contributed by atoms with van der Waals surface area (Å²) < 4.78 is 2.03. The van der Waals surface area contributed by atoms with Crippen molar-refractivity contribution in [3.05, 3.63) is 35.5 Å². The largest absolute Gasteiger partial charge is 0.350 e. The van der Waals surface area contributed by atoms with E-state index < -0.39 is 0 Å². The van der Waals surface area contributed by atoms with Crippen molar-refractivity contribution in [1.29, 1.82) is 0 Å². The average molecular weight is 243 g/mol. The van der Waals surface area contributed by atoms with E-state index in [9.17, 15) is 4.79 Å². The zero-order chi connectivity index (χ0) is 13.5. The molecule has 2 heteroatoms. The molecule has 1 heterocycles. The predicted octanol–water partition coefficient (Wildman–Crippen LogP) is 4.07. The molecule has 18 heavy (non-hydrogen) atoms. The van der Waals surface area contributed by atoms with E-state index in [0.29, 0.717) is 6.42 Å². The molecule has 0 unspecified atom stereocenters. The number of benzene rings is 1. The van der Waals surface area contributed by atoms with Crippen molar-refractivity contribution in [1.82, 2.24) is 4.57 Å². The summed E-state index contributed by atoms with van der Waals surface area (Å²) in [6, 6.07) is 6.43. The van der Waals surface area contributed by atoms with Crippen LogP contribution < -0.4 is 0 Å². The van der Waals surface area contributed by atoms with Gasteiger partial charge in [0.15, 0.2) is 5.78 Å². The van der Waals surface area contributed by atoms with Gasteiger partial charge in [-0.05, 0) is 23.1 Å². The number of carbonyl (C=O) groups excluding carboxylic acids is 1. The molecule has 1 aromatic heterocycles. The smallest absolute Gasteiger partial charge is 0.164 e. The maximum absolute atomic E-state index is 12.0. The Balaban J connectivity index is 2.70. The molecule has 1 aromatic carbocycles. The number of hydrogen-bond acceptors (Lipinski definition) is 1. The van der Waals surface area contributed by atoms with Crippen LogP contribution in [0.3, 0.4) is 0 Å². The first kappa shape index (κ1) is 12.9. The van der Waals surface area contributed by atoms with Crippen LogP contribution in [0.1, 0.15) is 50.0 Å². The van der Waals surface area contributed by atoms with E-state index in [1.165, 1.54) is 5.56 Å². The second kappa shape index (κ2) is 4.27. The number of aromatic nitrogens is 1. The topological polar surface area (TPSA) is 22.0 Å². The molecule has 0 saturated carbocycles. The maximum atomic E-state index is 12.0. The van der Waals surface area contributed by atoms with Crippen molar-refractivity contribution >= 4 is 16.7 Å². The molecule has 0 atom stereocenters. The molecule has 0 spiro atoms. The third-order valence-corrected chi connectivity index (χ3v) is 3.48. The Bertz CT molecular complexity index is 599. The van der Waals surface area contributed by atoms with Crippen LogP contribution in [0.25, 0.3) is 10.9 Å². The van der Waals surface area contributed by atoms with Crippen LogP contribution in [0.5, 0.6) is 0 Å². The monoisotopic (exact) mass is 243 g/mol. The molecule has 0 aliphatic carbocycles. The molecule has 0 amide bonds. The van der Waals surface area contributed by atoms with Gasteiger partial charge in [0.2, 0.25) is 0 Å². The van der Waals surface area contributed by atoms with Crippen LogP contribution in [0.2, 0.25) is 0 Å². The van der Waals surface area contributed by atoms with Gasteiger partial charge in [-0.15, -0.1) is 0 Å². The molecular weight excluding hydrogens is 222 g/mol. The van der Waals surface area contributed by atoms with Crippen molar-refractivity contribution in [2.75, 3.05) is 0 Å². The highest BCUT2D eigenvalue weighted by atomic mass is 16.1. The summed E-state index contributed by atoms with van der Waals surface area (Å²) in [6.07, 6.45) is 2.50. The highest BCUT2D eigenvalue weighted by Crippen LogP contribution is 2.29. The highest BCUT2D eigenvalue weighted by Gasteiger charge is 2.17. The molecule has 0 aliphatic rings. The Kier molecular flexibility index (Phi) is 3.05. The zero-order valence-corrected chi connectivity index (χ0v) is 11.9. The Labute approximate surface area is 109 Å². The van der Waals surface area contributed by atoms with Crippen LogP contribution in [0.4, 0.5) is 0 Å². The van der Waals surface area contributed by atoms with Crippen molar-refractivity contribution < 1.29 is 4.79 Å². The Morgan fingerprint density at radius 3 is 2.50 bits per heavy atom. The second-order valence-electron chi connectivity index (χ2n) is 5.91. The number of aryl methyl sites for hydroxylation is 1. The number of fused-ring (bicyclic) bond motifs is 1. The molecule has 96 valence electrons. The highest BCUT2D eigenvalue weighted by molar-refractivity contribution is 6.08. The molecule has 0 N–H and O–H groups in total. The third-order valence-electron chi connectivity index (χ3n) is 3.48. The first-order valence-electron chi connectivity index (χ1n) is 6.47. The Hall–Kier alpha value is -1.57. The fraction of sp³-hybridized carbons (Fsp3) is 0.438. The van der Waals surface area contributed by atoms with Crippen LogP contribution in [0.15, 0.2) is 24.4 Å². The summed E-state index contributed by atoms with van der Waals surface area (Å²) in [7, 11) is 1.99. The Morgan fingerprint density at radius 1 is 1.28 bits per heavy atom. The molecule has 0 fully saturated rings. The van der Waals surface area contributed by atoms with E-state index in [0.717, 1.165) is 16.5 Å². The van der Waals surface area contributed by atoms with E-state index >= 15 is 0 Å². The van der Waals surface area contributed by atoms with Crippen molar-refractivity contribution in [2.45, 2.75) is 39.5 Å². The summed E-state index contributed by atoms with van der Waals surface area (Å²) in [4.78, 5) is 12.0. The van der Waals surface area contributed by atoms with E-state index in [2.05, 4.69) is 39.0 Å². The molecule has 0 bridgehead atoms. The number of ketones is 1. The van der Waals surface area contributed by atoms with Gasteiger partial charge in [-0.2, -0.15) is 0 Å². The van der Waals surface area contributed by atoms with Gasteiger partial charge in [0, 0.05) is 36.1 Å². The minimum absolute atomic E-state index is 0.108. The van der Waals surface area contributed by atoms with Gasteiger partial charge >= 0.3 is 0 Å². The van der Waals surface area contributed by atoms with Crippen LogP contribution in [-0.2, 0) is 12.5 Å². The van der Waals surface area contributed by atoms with Crippen LogP contribution in [0, 0.1) is 0 Å². The van der Waals surface area contributed by atoms with Crippen LogP contribution in [-0.4, -0.2) is 10.4 Å². The molecular formula is C16H21NO. The summed E-state index contributed by atoms with van der Waals surface area (Å²) in [5.41, 5.74) is 3.35. The summed E-state index contributed by atoms with van der Waals surface area (Å²) in [6.45, 7) is 8.49. The number of Topliss-reactive ketones (excluding diaryl/α,β-unsaturated/α-hetero) is 1. The fourth-order valence-corrected chi connectivity index (χ4v) is 2.27. The van der Waals surface area contributed by atoms with Gasteiger partial charge < -0.3 is 4.57 Å². The van der Waals surface area contributed by atoms with Gasteiger partial charge in [0.25, 0.3) is 0 Å². The zero-order valence-electron chi connectivity index (χ0n) is 11.9. The summed E-state index contributed by atoms with van der Waals surface area (Å²) in [5, 5.41) is 1.08. The lowest BCUT2D eigenvalue weighted by atomic mass is 9.86. The lowest BCUT2D eigenvalue weighted by Crippen LogP contribution is -2.10. The summed E-state index contributed by atoms with van der Waals surface area (Å²) in [5.74, 6) is 0.214. The maximum Gasteiger partial charge on any atom is 0.164 e. The molecule has 2 aromatic rings. The standard InChI is InChI=1S/C16H21NO/c1-6-15(18)13-10-17(5)14-8-7-11(9-12(13)14)16(2,3)4/h7-10H,6H2,1-5H3. The fourth-order valence-electron chi connectivity index (χ4n) is 2.27. The number of nitrogens with zero attached hydrogens (tertiary/aromatic N) is 1. The molecule has 2 rings (SSSR count). The molecule has 0 aliphatic heterocycles. The first-order valence-corrected chi connectivity index (χ1v) is 6.47. The molecule has 0 saturated heterocycles. The van der Waals surface area contributed by atoms with Gasteiger partial charge in [-0.1, -0.05) is 33.8 Å². The van der Waals surface area contributed by atoms with Crippen molar-refractivity contribution in [3.63, 3.8) is 0 Å². The quantitative estimate of drug-likeness (QED) is 0.729. The van der Waals surface area contributed by atoms with E-state index in [1.807, 2.05) is 24.7 Å².